The van der Waals surface area contributed by atoms with Crippen molar-refractivity contribution in [3.05, 3.63) is 99.0 Å². The minimum absolute atomic E-state index is 0.383. The van der Waals surface area contributed by atoms with E-state index in [4.69, 9.17) is 40.2 Å². The van der Waals surface area contributed by atoms with Crippen molar-refractivity contribution in [1.29, 1.82) is 0 Å². The average molecular weight is 416 g/mol. The molecule has 0 aromatic heterocycles. The van der Waals surface area contributed by atoms with E-state index in [1.165, 1.54) is 11.1 Å². The Labute approximate surface area is 175 Å². The lowest BCUT2D eigenvalue weighted by molar-refractivity contribution is 0.305. The van der Waals surface area contributed by atoms with E-state index in [-0.39, 0.29) is 0 Å². The molecule has 0 bridgehead atoms. The van der Waals surface area contributed by atoms with Gasteiger partial charge in [-0.15, -0.1) is 0 Å². The number of halogens is 2. The predicted molar refractivity (Wildman–Crippen MR) is 117 cm³/mol. The summed E-state index contributed by atoms with van der Waals surface area (Å²) in [5.41, 5.74) is 4.25. The van der Waals surface area contributed by atoms with Crippen molar-refractivity contribution in [3.8, 4) is 5.75 Å². The zero-order valence-corrected chi connectivity index (χ0v) is 17.2. The van der Waals surface area contributed by atoms with Crippen LogP contribution >= 0.6 is 35.4 Å². The van der Waals surface area contributed by atoms with Gasteiger partial charge in [-0.3, -0.25) is 0 Å². The van der Waals surface area contributed by atoms with Gasteiger partial charge in [0.05, 0.1) is 15.6 Å². The Morgan fingerprint density at radius 2 is 1.70 bits per heavy atom. The van der Waals surface area contributed by atoms with Crippen LogP contribution < -0.4 is 10.1 Å². The predicted octanol–water partition coefficient (Wildman–Crippen LogP) is 6.35. The number of aryl methyl sites for hydroxylation is 1. The van der Waals surface area contributed by atoms with Crippen molar-refractivity contribution in [2.45, 2.75) is 20.1 Å². The van der Waals surface area contributed by atoms with Crippen molar-refractivity contribution >= 4 is 40.4 Å². The van der Waals surface area contributed by atoms with E-state index in [9.17, 15) is 0 Å². The van der Waals surface area contributed by atoms with Crippen LogP contribution in [0.5, 0.6) is 5.75 Å². The van der Waals surface area contributed by atoms with Gasteiger partial charge in [-0.05, 0) is 47.9 Å². The quantitative estimate of drug-likeness (QED) is 0.474. The van der Waals surface area contributed by atoms with Crippen molar-refractivity contribution in [3.63, 3.8) is 0 Å². The fourth-order valence-electron chi connectivity index (χ4n) is 2.65. The average Bonchev–Trinajstić information content (AvgIpc) is 2.68. The van der Waals surface area contributed by atoms with Gasteiger partial charge in [-0.2, -0.15) is 0 Å². The Balaban J connectivity index is 1.68. The van der Waals surface area contributed by atoms with E-state index in [2.05, 4.69) is 24.4 Å². The van der Waals surface area contributed by atoms with Gasteiger partial charge in [0.1, 0.15) is 17.3 Å². The second kappa shape index (κ2) is 9.23. The Kier molecular flexibility index (Phi) is 6.73. The van der Waals surface area contributed by atoms with E-state index in [0.717, 1.165) is 16.9 Å². The summed E-state index contributed by atoms with van der Waals surface area (Å²) < 4.78 is 5.99. The number of hydrogen-bond donors (Lipinski definition) is 1. The normalized spacial score (nSPS) is 10.5. The monoisotopic (exact) mass is 415 g/mol. The van der Waals surface area contributed by atoms with Crippen LogP contribution in [0.3, 0.4) is 0 Å². The molecule has 0 aliphatic rings. The first kappa shape index (κ1) is 19.7. The van der Waals surface area contributed by atoms with Crippen molar-refractivity contribution in [2.24, 2.45) is 0 Å². The van der Waals surface area contributed by atoms with Gasteiger partial charge in [0.2, 0.25) is 0 Å². The summed E-state index contributed by atoms with van der Waals surface area (Å²) >= 11 is 17.6. The molecule has 0 amide bonds. The van der Waals surface area contributed by atoms with Crippen molar-refractivity contribution in [2.75, 3.05) is 0 Å². The first-order chi connectivity index (χ1) is 13.0. The van der Waals surface area contributed by atoms with Gasteiger partial charge >= 0.3 is 0 Å². The minimum atomic E-state index is 0.383. The largest absolute Gasteiger partial charge is 0.488 e. The van der Waals surface area contributed by atoms with Gasteiger partial charge in [0, 0.05) is 6.54 Å². The first-order valence-electron chi connectivity index (χ1n) is 8.53. The van der Waals surface area contributed by atoms with E-state index < -0.39 is 0 Å². The summed E-state index contributed by atoms with van der Waals surface area (Å²) in [7, 11) is 0. The molecular formula is C22H19Cl2NOS. The summed E-state index contributed by atoms with van der Waals surface area (Å²) in [5.74, 6) is 0.728. The fourth-order valence-corrected chi connectivity index (χ4v) is 3.21. The van der Waals surface area contributed by atoms with Crippen LogP contribution in [-0.2, 0) is 13.2 Å². The summed E-state index contributed by atoms with van der Waals surface area (Å²) in [6.07, 6.45) is 0. The molecule has 0 heterocycles. The van der Waals surface area contributed by atoms with Crippen LogP contribution in [0.4, 0.5) is 0 Å². The van der Waals surface area contributed by atoms with E-state index in [1.807, 2.05) is 42.5 Å². The molecule has 3 rings (SSSR count). The molecule has 0 saturated carbocycles. The SMILES string of the molecule is Cc1ccccc1CNC(=S)c1ccccc1OCc1ccc(Cl)c(Cl)c1. The number of hydrogen-bond acceptors (Lipinski definition) is 2. The highest BCUT2D eigenvalue weighted by molar-refractivity contribution is 7.80. The molecule has 0 aliphatic carbocycles. The highest BCUT2D eigenvalue weighted by Gasteiger charge is 2.10. The topological polar surface area (TPSA) is 21.3 Å². The lowest BCUT2D eigenvalue weighted by atomic mass is 10.1. The molecule has 138 valence electrons. The Bertz CT molecular complexity index is 959. The number of rotatable bonds is 6. The Hall–Kier alpha value is -2.07. The highest BCUT2D eigenvalue weighted by Crippen LogP contribution is 2.24. The van der Waals surface area contributed by atoms with Gasteiger partial charge in [-0.1, -0.05) is 77.9 Å². The van der Waals surface area contributed by atoms with E-state index >= 15 is 0 Å². The molecule has 0 radical (unpaired) electrons. The molecular weight excluding hydrogens is 397 g/mol. The maximum absolute atomic E-state index is 6.07. The van der Waals surface area contributed by atoms with Crippen LogP contribution in [-0.4, -0.2) is 4.99 Å². The number of para-hydroxylation sites is 1. The summed E-state index contributed by atoms with van der Waals surface area (Å²) in [4.78, 5) is 0.656. The maximum atomic E-state index is 6.07. The van der Waals surface area contributed by atoms with E-state index in [0.29, 0.717) is 28.2 Å². The lowest BCUT2D eigenvalue weighted by Gasteiger charge is -2.14. The second-order valence-corrected chi connectivity index (χ2v) is 7.37. The molecule has 3 aromatic rings. The molecule has 3 aromatic carbocycles. The number of thiocarbonyl (C=S) groups is 1. The number of ether oxygens (including phenoxy) is 1. The number of benzene rings is 3. The molecule has 0 atom stereocenters. The third-order valence-corrected chi connectivity index (χ3v) is 5.31. The molecule has 0 spiro atoms. The van der Waals surface area contributed by atoms with Crippen LogP contribution in [0.15, 0.2) is 66.7 Å². The maximum Gasteiger partial charge on any atom is 0.129 e. The first-order valence-corrected chi connectivity index (χ1v) is 9.69. The van der Waals surface area contributed by atoms with Crippen LogP contribution in [0.2, 0.25) is 10.0 Å². The molecule has 27 heavy (non-hydrogen) atoms. The van der Waals surface area contributed by atoms with Gasteiger partial charge in [0.15, 0.2) is 0 Å². The third-order valence-electron chi connectivity index (χ3n) is 4.21. The summed E-state index contributed by atoms with van der Waals surface area (Å²) in [6.45, 7) is 3.15. The number of nitrogens with one attached hydrogen (secondary N) is 1. The zero-order chi connectivity index (χ0) is 19.2. The van der Waals surface area contributed by atoms with Crippen LogP contribution in [0.25, 0.3) is 0 Å². The molecule has 0 unspecified atom stereocenters. The Morgan fingerprint density at radius 1 is 0.963 bits per heavy atom. The Morgan fingerprint density at radius 3 is 2.48 bits per heavy atom. The van der Waals surface area contributed by atoms with Crippen molar-refractivity contribution in [1.82, 2.24) is 5.32 Å². The van der Waals surface area contributed by atoms with Gasteiger partial charge in [-0.25, -0.2) is 0 Å². The molecule has 0 fully saturated rings. The molecule has 1 N–H and O–H groups in total. The zero-order valence-electron chi connectivity index (χ0n) is 14.8. The van der Waals surface area contributed by atoms with Crippen LogP contribution in [0, 0.1) is 6.92 Å². The van der Waals surface area contributed by atoms with E-state index in [1.54, 1.807) is 12.1 Å². The second-order valence-electron chi connectivity index (χ2n) is 6.14. The molecule has 2 nitrogen and oxygen atoms in total. The summed E-state index contributed by atoms with van der Waals surface area (Å²) in [5, 5.41) is 4.37. The van der Waals surface area contributed by atoms with Gasteiger partial charge < -0.3 is 10.1 Å². The summed E-state index contributed by atoms with van der Waals surface area (Å²) in [6, 6.07) is 21.5. The minimum Gasteiger partial charge on any atom is -0.488 e. The van der Waals surface area contributed by atoms with Crippen molar-refractivity contribution < 1.29 is 4.74 Å². The standard InChI is InChI=1S/C22H19Cl2NOS/c1-15-6-2-3-7-17(15)13-25-22(27)18-8-4-5-9-21(18)26-14-16-10-11-19(23)20(24)12-16/h2-12H,13-14H2,1H3,(H,25,27). The molecule has 0 saturated heterocycles. The lowest BCUT2D eigenvalue weighted by Crippen LogP contribution is -2.22. The highest BCUT2D eigenvalue weighted by atomic mass is 35.5. The third kappa shape index (κ3) is 5.23. The smallest absolute Gasteiger partial charge is 0.129 e. The van der Waals surface area contributed by atoms with Crippen LogP contribution in [0.1, 0.15) is 22.3 Å². The fraction of sp³-hybridized carbons (Fsp3) is 0.136. The molecule has 0 aliphatic heterocycles. The van der Waals surface area contributed by atoms with Gasteiger partial charge in [0.25, 0.3) is 0 Å². The molecule has 5 heteroatoms.